The van der Waals surface area contributed by atoms with Crippen molar-refractivity contribution < 1.29 is 14.6 Å². The molecule has 1 fully saturated rings. The van der Waals surface area contributed by atoms with Crippen LogP contribution < -0.4 is 15.4 Å². The van der Waals surface area contributed by atoms with E-state index in [-0.39, 0.29) is 24.6 Å². The number of aliphatic hydroxyl groups excluding tert-OH is 1. The lowest BCUT2D eigenvalue weighted by Crippen LogP contribution is -2.47. The van der Waals surface area contributed by atoms with Crippen molar-refractivity contribution in [2.45, 2.75) is 24.9 Å². The molecular formula is C28H31N5O3. The maximum absolute atomic E-state index is 12.7. The fraction of sp³-hybridized carbons (Fsp3) is 0.321. The third-order valence-electron chi connectivity index (χ3n) is 6.58. The summed E-state index contributed by atoms with van der Waals surface area (Å²) in [6, 6.07) is 17.6. The highest BCUT2D eigenvalue weighted by molar-refractivity contribution is 5.97. The standard InChI is InChI=1S/C28H31N5O3/c1-19(17-29)18-31-27-23-15-21(7-6-20(23)8-9-26(27)36-2)25-16-22(10-12-33(25)13-14-34)32-28(35)24-5-3-4-11-30-24/h3-9,11,15,22,25,31,34H,1,10,12-14,16,18H2,2H3,(H,32,35). The zero-order valence-corrected chi connectivity index (χ0v) is 20.4. The van der Waals surface area contributed by atoms with Gasteiger partial charge in [-0.1, -0.05) is 30.8 Å². The van der Waals surface area contributed by atoms with Gasteiger partial charge in [-0.2, -0.15) is 5.26 Å². The van der Waals surface area contributed by atoms with Gasteiger partial charge in [-0.05, 0) is 48.1 Å². The summed E-state index contributed by atoms with van der Waals surface area (Å²) in [5.74, 6) is 0.504. The van der Waals surface area contributed by atoms with Gasteiger partial charge in [0.2, 0.25) is 0 Å². The number of likely N-dealkylation sites (tertiary alicyclic amines) is 1. The largest absolute Gasteiger partial charge is 0.495 e. The summed E-state index contributed by atoms with van der Waals surface area (Å²) in [4.78, 5) is 19.1. The lowest BCUT2D eigenvalue weighted by Gasteiger charge is -2.40. The number of benzene rings is 2. The number of β-amino-alcohol motifs (C(OH)–C–C–N with tert-alkyl or cyclic N) is 1. The van der Waals surface area contributed by atoms with Crippen LogP contribution in [0.2, 0.25) is 0 Å². The number of anilines is 1. The number of pyridine rings is 1. The Morgan fingerprint density at radius 2 is 2.14 bits per heavy atom. The maximum Gasteiger partial charge on any atom is 0.270 e. The number of piperidine rings is 1. The van der Waals surface area contributed by atoms with E-state index in [1.807, 2.05) is 12.1 Å². The van der Waals surface area contributed by atoms with Gasteiger partial charge in [0.05, 0.1) is 25.5 Å². The zero-order valence-electron chi connectivity index (χ0n) is 20.4. The Balaban J connectivity index is 1.64. The number of nitrogens with zero attached hydrogens (tertiary/aromatic N) is 3. The molecule has 8 nitrogen and oxygen atoms in total. The van der Waals surface area contributed by atoms with Crippen LogP contribution in [0, 0.1) is 11.3 Å². The first-order chi connectivity index (χ1) is 17.5. The minimum Gasteiger partial charge on any atom is -0.495 e. The number of hydrogen-bond donors (Lipinski definition) is 3. The van der Waals surface area contributed by atoms with Crippen molar-refractivity contribution in [2.75, 3.05) is 38.7 Å². The van der Waals surface area contributed by atoms with E-state index in [9.17, 15) is 9.90 Å². The first-order valence-corrected chi connectivity index (χ1v) is 12.0. The first-order valence-electron chi connectivity index (χ1n) is 12.0. The topological polar surface area (TPSA) is 111 Å². The molecule has 2 aromatic carbocycles. The van der Waals surface area contributed by atoms with Crippen molar-refractivity contribution in [1.82, 2.24) is 15.2 Å². The molecular weight excluding hydrogens is 454 g/mol. The predicted molar refractivity (Wildman–Crippen MR) is 140 cm³/mol. The Morgan fingerprint density at radius 1 is 1.31 bits per heavy atom. The molecule has 2 heterocycles. The SMILES string of the molecule is C=C(C#N)CNc1c(OC)ccc2ccc(C3CC(NC(=O)c4ccccn4)CCN3CCO)cc12. The number of nitriles is 1. The number of methoxy groups -OCH3 is 1. The van der Waals surface area contributed by atoms with E-state index >= 15 is 0 Å². The Morgan fingerprint density at radius 3 is 2.86 bits per heavy atom. The molecule has 3 aromatic rings. The summed E-state index contributed by atoms with van der Waals surface area (Å²) in [6.07, 6.45) is 3.12. The molecule has 1 aromatic heterocycles. The van der Waals surface area contributed by atoms with E-state index in [0.717, 1.165) is 35.0 Å². The number of ether oxygens (including phenoxy) is 1. The number of aliphatic hydroxyl groups is 1. The van der Waals surface area contributed by atoms with Crippen molar-refractivity contribution in [3.05, 3.63) is 78.1 Å². The second kappa shape index (κ2) is 11.7. The van der Waals surface area contributed by atoms with Crippen LogP contribution in [0.4, 0.5) is 5.69 Å². The van der Waals surface area contributed by atoms with E-state index in [2.05, 4.69) is 51.4 Å². The van der Waals surface area contributed by atoms with Gasteiger partial charge < -0.3 is 20.5 Å². The molecule has 3 N–H and O–H groups in total. The molecule has 4 rings (SSSR count). The van der Waals surface area contributed by atoms with Crippen LogP contribution >= 0.6 is 0 Å². The lowest BCUT2D eigenvalue weighted by atomic mass is 9.90. The van der Waals surface area contributed by atoms with Crippen LogP contribution in [-0.2, 0) is 0 Å². The molecule has 2 atom stereocenters. The number of carbonyl (C=O) groups excluding carboxylic acids is 1. The molecule has 8 heteroatoms. The highest BCUT2D eigenvalue weighted by Crippen LogP contribution is 2.38. The average Bonchev–Trinajstić information content (AvgIpc) is 2.92. The van der Waals surface area contributed by atoms with E-state index in [4.69, 9.17) is 10.00 Å². The summed E-state index contributed by atoms with van der Waals surface area (Å²) >= 11 is 0. The lowest BCUT2D eigenvalue weighted by molar-refractivity contribution is 0.0806. The molecule has 0 aliphatic carbocycles. The smallest absolute Gasteiger partial charge is 0.270 e. The van der Waals surface area contributed by atoms with Gasteiger partial charge in [0.1, 0.15) is 11.4 Å². The molecule has 0 radical (unpaired) electrons. The number of aromatic nitrogens is 1. The zero-order chi connectivity index (χ0) is 25.5. The molecule has 0 bridgehead atoms. The van der Waals surface area contributed by atoms with Crippen molar-refractivity contribution in [2.24, 2.45) is 0 Å². The number of hydrogen-bond acceptors (Lipinski definition) is 7. The molecule has 36 heavy (non-hydrogen) atoms. The molecule has 1 amide bonds. The predicted octanol–water partition coefficient (Wildman–Crippen LogP) is 3.66. The average molecular weight is 486 g/mol. The van der Waals surface area contributed by atoms with E-state index in [1.165, 1.54) is 0 Å². The van der Waals surface area contributed by atoms with Crippen LogP contribution in [0.3, 0.4) is 0 Å². The van der Waals surface area contributed by atoms with Gasteiger partial charge in [0.25, 0.3) is 5.91 Å². The van der Waals surface area contributed by atoms with Gasteiger partial charge >= 0.3 is 0 Å². The molecule has 1 saturated heterocycles. The van der Waals surface area contributed by atoms with Crippen molar-refractivity contribution in [3.8, 4) is 11.8 Å². The molecule has 2 unspecified atom stereocenters. The van der Waals surface area contributed by atoms with Crippen LogP contribution in [-0.4, -0.2) is 60.3 Å². The van der Waals surface area contributed by atoms with E-state index < -0.39 is 0 Å². The highest BCUT2D eigenvalue weighted by Gasteiger charge is 2.30. The van der Waals surface area contributed by atoms with Crippen molar-refractivity contribution in [3.63, 3.8) is 0 Å². The normalized spacial score (nSPS) is 17.8. The fourth-order valence-electron chi connectivity index (χ4n) is 4.76. The van der Waals surface area contributed by atoms with Crippen molar-refractivity contribution in [1.29, 1.82) is 5.26 Å². The summed E-state index contributed by atoms with van der Waals surface area (Å²) in [5.41, 5.74) is 2.72. The molecule has 1 aliphatic rings. The van der Waals surface area contributed by atoms with Gasteiger partial charge in [-0.15, -0.1) is 0 Å². The van der Waals surface area contributed by atoms with Gasteiger partial charge in [0.15, 0.2) is 0 Å². The molecule has 0 saturated carbocycles. The molecule has 186 valence electrons. The van der Waals surface area contributed by atoms with Crippen LogP contribution in [0.25, 0.3) is 10.8 Å². The van der Waals surface area contributed by atoms with Crippen molar-refractivity contribution >= 4 is 22.4 Å². The van der Waals surface area contributed by atoms with Gasteiger partial charge in [-0.3, -0.25) is 14.7 Å². The van der Waals surface area contributed by atoms with Gasteiger partial charge in [0, 0.05) is 48.9 Å². The van der Waals surface area contributed by atoms with Crippen LogP contribution in [0.1, 0.15) is 34.9 Å². The Bertz CT molecular complexity index is 1270. The Labute approximate surface area is 211 Å². The van der Waals surface area contributed by atoms with Gasteiger partial charge in [-0.25, -0.2) is 0 Å². The summed E-state index contributed by atoms with van der Waals surface area (Å²) in [5, 5.41) is 27.3. The molecule has 0 spiro atoms. The first kappa shape index (κ1) is 25.2. The highest BCUT2D eigenvalue weighted by atomic mass is 16.5. The summed E-state index contributed by atoms with van der Waals surface area (Å²) < 4.78 is 5.60. The summed E-state index contributed by atoms with van der Waals surface area (Å²) in [7, 11) is 1.62. The third kappa shape index (κ3) is 5.65. The fourth-order valence-corrected chi connectivity index (χ4v) is 4.76. The minimum absolute atomic E-state index is 0.0115. The number of fused-ring (bicyclic) bond motifs is 1. The van der Waals surface area contributed by atoms with Crippen LogP contribution in [0.5, 0.6) is 5.75 Å². The summed E-state index contributed by atoms with van der Waals surface area (Å²) in [6.45, 7) is 5.45. The Hall–Kier alpha value is -3.93. The second-order valence-electron chi connectivity index (χ2n) is 8.88. The second-order valence-corrected chi connectivity index (χ2v) is 8.88. The van der Waals surface area contributed by atoms with E-state index in [1.54, 1.807) is 31.5 Å². The Kier molecular flexibility index (Phi) is 8.16. The van der Waals surface area contributed by atoms with E-state index in [0.29, 0.717) is 36.5 Å². The number of rotatable bonds is 9. The maximum atomic E-state index is 12.7. The van der Waals surface area contributed by atoms with Crippen LogP contribution in [0.15, 0.2) is 66.9 Å². The number of amides is 1. The number of nitrogens with one attached hydrogen (secondary N) is 2. The number of carbonyl (C=O) groups is 1. The third-order valence-corrected chi connectivity index (χ3v) is 6.58. The quantitative estimate of drug-likeness (QED) is 0.397. The monoisotopic (exact) mass is 485 g/mol. The minimum atomic E-state index is -0.178. The molecule has 1 aliphatic heterocycles.